The number of halogens is 3. The topological polar surface area (TPSA) is 71.0 Å². The van der Waals surface area contributed by atoms with E-state index in [9.17, 15) is 18.0 Å². The molecule has 0 spiro atoms. The molecule has 0 radical (unpaired) electrons. The molecule has 2 aliphatic heterocycles. The highest BCUT2D eigenvalue weighted by Crippen LogP contribution is 2.34. The van der Waals surface area contributed by atoms with E-state index in [1.54, 1.807) is 0 Å². The maximum atomic E-state index is 14.1. The van der Waals surface area contributed by atoms with Crippen LogP contribution >= 0.6 is 0 Å². The predicted molar refractivity (Wildman–Crippen MR) is 80.2 cm³/mol. The lowest BCUT2D eigenvalue weighted by atomic mass is 9.95. The van der Waals surface area contributed by atoms with Gasteiger partial charge in [-0.3, -0.25) is 0 Å². The highest BCUT2D eigenvalue weighted by Gasteiger charge is 2.34. The molecule has 1 aromatic carbocycles. The Kier molecular flexibility index (Phi) is 5.03. The number of carboxylic acid groups (broad SMARTS) is 1. The molecule has 0 unspecified atom stereocenters. The lowest BCUT2D eigenvalue weighted by Gasteiger charge is -2.38. The van der Waals surface area contributed by atoms with Crippen LogP contribution in [-0.2, 0) is 9.47 Å². The Morgan fingerprint density at radius 2 is 1.84 bits per heavy atom. The average Bonchev–Trinajstić information content (AvgIpc) is 2.59. The maximum Gasteiger partial charge on any atom is 0.405 e. The van der Waals surface area contributed by atoms with Crippen molar-refractivity contribution in [3.05, 3.63) is 47.1 Å². The number of benzene rings is 1. The number of rotatable bonds is 3. The summed E-state index contributed by atoms with van der Waals surface area (Å²) in [5.41, 5.74) is 0.496. The number of nitrogens with one attached hydrogen (secondary N) is 1. The Balaban J connectivity index is 1.88. The van der Waals surface area contributed by atoms with Crippen molar-refractivity contribution in [2.75, 3.05) is 26.3 Å². The fourth-order valence-electron chi connectivity index (χ4n) is 3.01. The summed E-state index contributed by atoms with van der Waals surface area (Å²) in [5.74, 6) is -3.54. The van der Waals surface area contributed by atoms with Gasteiger partial charge in [0.15, 0.2) is 11.6 Å². The van der Waals surface area contributed by atoms with Gasteiger partial charge in [-0.25, -0.2) is 18.0 Å². The largest absolute Gasteiger partial charge is 0.489 e. The molecule has 9 heteroatoms. The molecule has 1 amide bonds. The minimum Gasteiger partial charge on any atom is -0.489 e. The second kappa shape index (κ2) is 7.22. The van der Waals surface area contributed by atoms with Gasteiger partial charge in [0.1, 0.15) is 18.2 Å². The summed E-state index contributed by atoms with van der Waals surface area (Å²) in [5, 5.41) is 11.3. The molecule has 6 nitrogen and oxygen atoms in total. The molecule has 2 heterocycles. The first-order chi connectivity index (χ1) is 12.0. The van der Waals surface area contributed by atoms with Crippen LogP contribution in [0.25, 0.3) is 0 Å². The maximum absolute atomic E-state index is 14.1. The number of amides is 1. The quantitative estimate of drug-likeness (QED) is 0.812. The van der Waals surface area contributed by atoms with Crippen LogP contribution in [0.15, 0.2) is 24.1 Å². The van der Waals surface area contributed by atoms with Crippen molar-refractivity contribution < 1.29 is 32.5 Å². The van der Waals surface area contributed by atoms with Crippen molar-refractivity contribution in [3.63, 3.8) is 0 Å². The van der Waals surface area contributed by atoms with Gasteiger partial charge in [0.05, 0.1) is 25.0 Å². The molecule has 1 fully saturated rings. The van der Waals surface area contributed by atoms with Crippen LogP contribution in [0, 0.1) is 17.5 Å². The van der Waals surface area contributed by atoms with E-state index in [-0.39, 0.29) is 12.0 Å². The number of hydrogen-bond acceptors (Lipinski definition) is 4. The molecule has 136 valence electrons. The summed E-state index contributed by atoms with van der Waals surface area (Å²) >= 11 is 0. The minimum absolute atomic E-state index is 0.232. The highest BCUT2D eigenvalue weighted by atomic mass is 19.2. The third kappa shape index (κ3) is 3.81. The fourth-order valence-corrected chi connectivity index (χ4v) is 3.01. The zero-order chi connectivity index (χ0) is 18.0. The van der Waals surface area contributed by atoms with E-state index in [1.165, 1.54) is 6.26 Å². The van der Waals surface area contributed by atoms with Gasteiger partial charge in [0.2, 0.25) is 0 Å². The van der Waals surface area contributed by atoms with Crippen molar-refractivity contribution in [1.29, 1.82) is 0 Å². The molecule has 3 rings (SSSR count). The summed E-state index contributed by atoms with van der Waals surface area (Å²) in [4.78, 5) is 13.1. The summed E-state index contributed by atoms with van der Waals surface area (Å²) in [7, 11) is 0. The van der Waals surface area contributed by atoms with Crippen LogP contribution in [0.3, 0.4) is 0 Å². The predicted octanol–water partition coefficient (Wildman–Crippen LogP) is 2.38. The van der Waals surface area contributed by atoms with E-state index in [1.807, 2.05) is 4.90 Å². The molecule has 1 aromatic rings. The van der Waals surface area contributed by atoms with Gasteiger partial charge in [-0.05, 0) is 6.07 Å². The molecular formula is C16H17F3N2O4. The van der Waals surface area contributed by atoms with Crippen molar-refractivity contribution in [2.45, 2.75) is 18.6 Å². The second-order valence-electron chi connectivity index (χ2n) is 5.81. The molecule has 25 heavy (non-hydrogen) atoms. The van der Waals surface area contributed by atoms with Crippen LogP contribution in [0.1, 0.15) is 18.1 Å². The van der Waals surface area contributed by atoms with Gasteiger partial charge in [-0.15, -0.1) is 0 Å². The lowest BCUT2D eigenvalue weighted by Crippen LogP contribution is -2.45. The smallest absolute Gasteiger partial charge is 0.405 e. The molecule has 1 saturated heterocycles. The fraction of sp³-hybridized carbons (Fsp3) is 0.438. The second-order valence-corrected chi connectivity index (χ2v) is 5.81. The zero-order valence-electron chi connectivity index (χ0n) is 13.2. The number of hydrogen-bond donors (Lipinski definition) is 2. The Bertz CT molecular complexity index is 692. The molecular weight excluding hydrogens is 341 g/mol. The van der Waals surface area contributed by atoms with E-state index < -0.39 is 35.7 Å². The van der Waals surface area contributed by atoms with Crippen molar-refractivity contribution in [2.24, 2.45) is 0 Å². The molecule has 0 aliphatic carbocycles. The van der Waals surface area contributed by atoms with E-state index in [2.05, 4.69) is 5.32 Å². The Morgan fingerprint density at radius 3 is 2.52 bits per heavy atom. The average molecular weight is 358 g/mol. The van der Waals surface area contributed by atoms with Crippen LogP contribution in [0.4, 0.5) is 18.0 Å². The summed E-state index contributed by atoms with van der Waals surface area (Å²) < 4.78 is 51.5. The van der Waals surface area contributed by atoms with Gasteiger partial charge in [-0.2, -0.15) is 0 Å². The number of nitrogens with zero attached hydrogens (tertiary/aromatic N) is 1. The van der Waals surface area contributed by atoms with Gasteiger partial charge in [-0.1, -0.05) is 0 Å². The number of ether oxygens (including phenoxy) is 2. The number of carbonyl (C=O) groups is 1. The van der Waals surface area contributed by atoms with Gasteiger partial charge >= 0.3 is 6.09 Å². The van der Waals surface area contributed by atoms with E-state index in [4.69, 9.17) is 14.6 Å². The first-order valence-corrected chi connectivity index (χ1v) is 7.77. The third-order valence-corrected chi connectivity index (χ3v) is 4.22. The van der Waals surface area contributed by atoms with Crippen molar-refractivity contribution in [3.8, 4) is 0 Å². The molecule has 2 N–H and O–H groups in total. The van der Waals surface area contributed by atoms with E-state index in [0.29, 0.717) is 38.4 Å². The molecule has 0 saturated carbocycles. The summed E-state index contributed by atoms with van der Waals surface area (Å²) in [6, 6.07) is 0.270. The molecule has 2 atom stereocenters. The molecule has 2 aliphatic rings. The van der Waals surface area contributed by atoms with Crippen molar-refractivity contribution in [1.82, 2.24) is 10.2 Å². The van der Waals surface area contributed by atoms with Crippen LogP contribution < -0.4 is 5.32 Å². The lowest BCUT2D eigenvalue weighted by molar-refractivity contribution is 0.0300. The summed E-state index contributed by atoms with van der Waals surface area (Å²) in [6.45, 7) is 2.32. The number of morpholine rings is 1. The standard InChI is InChI=1S/C16H17F3N2O4/c17-11-7-13(19)12(18)6-10(11)15-14(20-16(22)23)5-9(8-25-15)21-1-3-24-4-2-21/h6-8,14-15,20H,1-5H2,(H,22,23)/t14-,15+/m0/s1. The third-order valence-electron chi connectivity index (χ3n) is 4.22. The summed E-state index contributed by atoms with van der Waals surface area (Å²) in [6.07, 6.45) is -0.771. The Hall–Kier alpha value is -2.42. The van der Waals surface area contributed by atoms with Crippen LogP contribution in [-0.4, -0.2) is 48.4 Å². The Morgan fingerprint density at radius 1 is 1.16 bits per heavy atom. The minimum atomic E-state index is -1.32. The van der Waals surface area contributed by atoms with E-state index >= 15 is 0 Å². The monoisotopic (exact) mass is 358 g/mol. The SMILES string of the molecule is O=C(O)N[C@H]1CC(N2CCOCC2)=CO[C@@H]1c1cc(F)c(F)cc1F. The highest BCUT2D eigenvalue weighted by molar-refractivity contribution is 5.65. The zero-order valence-corrected chi connectivity index (χ0v) is 13.2. The van der Waals surface area contributed by atoms with Crippen LogP contribution in [0.2, 0.25) is 0 Å². The van der Waals surface area contributed by atoms with Crippen molar-refractivity contribution >= 4 is 6.09 Å². The van der Waals surface area contributed by atoms with Crippen LogP contribution in [0.5, 0.6) is 0 Å². The van der Waals surface area contributed by atoms with E-state index in [0.717, 1.165) is 5.70 Å². The first-order valence-electron chi connectivity index (χ1n) is 7.77. The van der Waals surface area contributed by atoms with Gasteiger partial charge in [0.25, 0.3) is 0 Å². The Labute approximate surface area is 141 Å². The molecule has 0 bridgehead atoms. The molecule has 0 aromatic heterocycles. The van der Waals surface area contributed by atoms with Gasteiger partial charge in [0, 0.05) is 31.1 Å². The van der Waals surface area contributed by atoms with Gasteiger partial charge < -0.3 is 24.8 Å². The normalized spacial score (nSPS) is 23.6. The first kappa shape index (κ1) is 17.4.